The van der Waals surface area contributed by atoms with Gasteiger partial charge >= 0.3 is 0 Å². The zero-order valence-corrected chi connectivity index (χ0v) is 12.0. The van der Waals surface area contributed by atoms with Gasteiger partial charge in [-0.2, -0.15) is 0 Å². The fraction of sp³-hybridized carbons (Fsp3) is 0.438. The fourth-order valence-corrected chi connectivity index (χ4v) is 2.88. The second-order valence-corrected chi connectivity index (χ2v) is 5.59. The molecule has 1 saturated heterocycles. The number of aryl methyl sites for hydroxylation is 1. The van der Waals surface area contributed by atoms with E-state index in [2.05, 4.69) is 9.88 Å². The van der Waals surface area contributed by atoms with Gasteiger partial charge in [-0.25, -0.2) is 0 Å². The monoisotopic (exact) mass is 272 g/mol. The molecule has 1 aromatic carbocycles. The van der Waals surface area contributed by atoms with Crippen molar-refractivity contribution >= 4 is 10.9 Å². The van der Waals surface area contributed by atoms with Crippen LogP contribution in [-0.2, 0) is 11.3 Å². The van der Waals surface area contributed by atoms with E-state index in [0.29, 0.717) is 6.10 Å². The lowest BCUT2D eigenvalue weighted by molar-refractivity contribution is 0.107. The van der Waals surface area contributed by atoms with Gasteiger partial charge in [-0.1, -0.05) is 11.6 Å². The Kier molecular flexibility index (Phi) is 3.59. The minimum atomic E-state index is 0.0972. The maximum atomic E-state index is 12.2. The Morgan fingerprint density at radius 3 is 3.00 bits per heavy atom. The first-order chi connectivity index (χ1) is 9.65. The lowest BCUT2D eigenvalue weighted by Gasteiger charge is -2.15. The van der Waals surface area contributed by atoms with Gasteiger partial charge < -0.3 is 9.72 Å². The van der Waals surface area contributed by atoms with E-state index < -0.39 is 0 Å². The minimum Gasteiger partial charge on any atom is -0.380 e. The molecule has 4 nitrogen and oxygen atoms in total. The molecule has 1 aliphatic rings. The molecule has 0 bridgehead atoms. The number of nitrogens with zero attached hydrogens (tertiary/aromatic N) is 1. The summed E-state index contributed by atoms with van der Waals surface area (Å²) in [5, 5.41) is 0.768. The van der Waals surface area contributed by atoms with Crippen molar-refractivity contribution in [2.24, 2.45) is 0 Å². The average Bonchev–Trinajstić information content (AvgIpc) is 2.87. The largest absolute Gasteiger partial charge is 0.380 e. The number of hydrogen-bond acceptors (Lipinski definition) is 3. The molecule has 2 aromatic rings. The van der Waals surface area contributed by atoms with E-state index in [0.717, 1.165) is 48.2 Å². The number of ether oxygens (including phenoxy) is 1. The Balaban J connectivity index is 1.86. The SMILES string of the molecule is CO[C@H]1CCN(Cc2cc(=O)c3cc(C)ccc3[nH]2)C1. The van der Waals surface area contributed by atoms with Crippen LogP contribution in [-0.4, -0.2) is 36.2 Å². The molecule has 20 heavy (non-hydrogen) atoms. The molecule has 1 fully saturated rings. The van der Waals surface area contributed by atoms with E-state index >= 15 is 0 Å². The predicted octanol–water partition coefficient (Wildman–Crippen LogP) is 2.06. The van der Waals surface area contributed by atoms with Gasteiger partial charge in [-0.15, -0.1) is 0 Å². The van der Waals surface area contributed by atoms with Crippen LogP contribution in [0.2, 0.25) is 0 Å². The van der Waals surface area contributed by atoms with Gasteiger partial charge in [0.1, 0.15) is 0 Å². The number of likely N-dealkylation sites (tertiary alicyclic amines) is 1. The maximum absolute atomic E-state index is 12.2. The zero-order chi connectivity index (χ0) is 14.1. The quantitative estimate of drug-likeness (QED) is 0.930. The zero-order valence-electron chi connectivity index (χ0n) is 12.0. The highest BCUT2D eigenvalue weighted by Crippen LogP contribution is 2.16. The van der Waals surface area contributed by atoms with Crippen molar-refractivity contribution in [3.63, 3.8) is 0 Å². The summed E-state index contributed by atoms with van der Waals surface area (Å²) in [4.78, 5) is 17.9. The highest BCUT2D eigenvalue weighted by Gasteiger charge is 2.22. The van der Waals surface area contributed by atoms with Crippen LogP contribution in [0.4, 0.5) is 0 Å². The van der Waals surface area contributed by atoms with Gasteiger partial charge in [-0.05, 0) is 25.5 Å². The van der Waals surface area contributed by atoms with E-state index in [1.165, 1.54) is 0 Å². The Bertz CT molecular complexity index is 678. The summed E-state index contributed by atoms with van der Waals surface area (Å²) >= 11 is 0. The second-order valence-electron chi connectivity index (χ2n) is 5.59. The number of aromatic amines is 1. The summed E-state index contributed by atoms with van der Waals surface area (Å²) in [5.41, 5.74) is 3.10. The van der Waals surface area contributed by atoms with Gasteiger partial charge in [0.15, 0.2) is 5.43 Å². The van der Waals surface area contributed by atoms with Crippen LogP contribution < -0.4 is 5.43 Å². The molecule has 4 heteroatoms. The van der Waals surface area contributed by atoms with Crippen LogP contribution in [0, 0.1) is 6.92 Å². The third-order valence-electron chi connectivity index (χ3n) is 4.00. The third-order valence-corrected chi connectivity index (χ3v) is 4.00. The molecule has 106 valence electrons. The van der Waals surface area contributed by atoms with E-state index in [9.17, 15) is 4.79 Å². The number of H-pyrrole nitrogens is 1. The summed E-state index contributed by atoms with van der Waals surface area (Å²) < 4.78 is 5.37. The predicted molar refractivity (Wildman–Crippen MR) is 80.0 cm³/mol. The number of hydrogen-bond donors (Lipinski definition) is 1. The molecule has 0 aliphatic carbocycles. The van der Waals surface area contributed by atoms with Crippen molar-refractivity contribution < 1.29 is 4.74 Å². The molecule has 1 atom stereocenters. The van der Waals surface area contributed by atoms with Gasteiger partial charge in [-0.3, -0.25) is 9.69 Å². The molecular formula is C16H20N2O2. The Morgan fingerprint density at radius 1 is 1.40 bits per heavy atom. The number of fused-ring (bicyclic) bond motifs is 1. The van der Waals surface area contributed by atoms with Crippen LogP contribution in [0.25, 0.3) is 10.9 Å². The number of benzene rings is 1. The number of rotatable bonds is 3. The van der Waals surface area contributed by atoms with Gasteiger partial charge in [0.05, 0.1) is 6.10 Å². The molecule has 2 heterocycles. The van der Waals surface area contributed by atoms with Crippen molar-refractivity contribution in [3.8, 4) is 0 Å². The number of nitrogens with one attached hydrogen (secondary N) is 1. The first-order valence-corrected chi connectivity index (χ1v) is 7.03. The molecule has 0 amide bonds. The molecule has 0 unspecified atom stereocenters. The van der Waals surface area contributed by atoms with Crippen LogP contribution in [0.5, 0.6) is 0 Å². The van der Waals surface area contributed by atoms with Gasteiger partial charge in [0.2, 0.25) is 0 Å². The smallest absolute Gasteiger partial charge is 0.189 e. The van der Waals surface area contributed by atoms with Crippen molar-refractivity contribution in [1.29, 1.82) is 0 Å². The number of methoxy groups -OCH3 is 1. The van der Waals surface area contributed by atoms with Gasteiger partial charge in [0, 0.05) is 49.4 Å². The highest BCUT2D eigenvalue weighted by atomic mass is 16.5. The lowest BCUT2D eigenvalue weighted by Crippen LogP contribution is -2.23. The minimum absolute atomic E-state index is 0.0972. The standard InChI is InChI=1S/C16H20N2O2/c1-11-3-4-15-14(7-11)16(19)8-12(17-15)9-18-6-5-13(10-18)20-2/h3-4,7-8,13H,5-6,9-10H2,1-2H3,(H,17,19)/t13-/m0/s1. The Morgan fingerprint density at radius 2 is 2.25 bits per heavy atom. The van der Waals surface area contributed by atoms with E-state index in [4.69, 9.17) is 4.74 Å². The number of aromatic nitrogens is 1. The fourth-order valence-electron chi connectivity index (χ4n) is 2.88. The van der Waals surface area contributed by atoms with E-state index in [1.54, 1.807) is 13.2 Å². The molecular weight excluding hydrogens is 252 g/mol. The molecule has 0 radical (unpaired) electrons. The van der Waals surface area contributed by atoms with Crippen molar-refractivity contribution in [3.05, 3.63) is 45.7 Å². The molecule has 0 saturated carbocycles. The highest BCUT2D eigenvalue weighted by molar-refractivity contribution is 5.79. The Labute approximate surface area is 118 Å². The van der Waals surface area contributed by atoms with E-state index in [1.807, 2.05) is 25.1 Å². The molecule has 1 N–H and O–H groups in total. The van der Waals surface area contributed by atoms with Gasteiger partial charge in [0.25, 0.3) is 0 Å². The summed E-state index contributed by atoms with van der Waals surface area (Å²) in [5.74, 6) is 0. The first-order valence-electron chi connectivity index (χ1n) is 7.03. The maximum Gasteiger partial charge on any atom is 0.189 e. The molecule has 1 aliphatic heterocycles. The van der Waals surface area contributed by atoms with Crippen molar-refractivity contribution in [2.75, 3.05) is 20.2 Å². The summed E-state index contributed by atoms with van der Waals surface area (Å²) in [6.45, 7) is 4.73. The number of pyridine rings is 1. The molecule has 0 spiro atoms. The van der Waals surface area contributed by atoms with Crippen LogP contribution in [0.15, 0.2) is 29.1 Å². The Hall–Kier alpha value is -1.65. The van der Waals surface area contributed by atoms with Crippen LogP contribution in [0.1, 0.15) is 17.7 Å². The average molecular weight is 272 g/mol. The van der Waals surface area contributed by atoms with E-state index in [-0.39, 0.29) is 5.43 Å². The lowest BCUT2D eigenvalue weighted by atomic mass is 10.1. The van der Waals surface area contributed by atoms with Crippen LogP contribution in [0.3, 0.4) is 0 Å². The van der Waals surface area contributed by atoms with Crippen LogP contribution >= 0.6 is 0 Å². The topological polar surface area (TPSA) is 45.3 Å². The molecule has 3 rings (SSSR count). The normalized spacial score (nSPS) is 19.8. The summed E-state index contributed by atoms with van der Waals surface area (Å²) in [6, 6.07) is 7.67. The summed E-state index contributed by atoms with van der Waals surface area (Å²) in [6.07, 6.45) is 1.39. The summed E-state index contributed by atoms with van der Waals surface area (Å²) in [7, 11) is 1.76. The molecule has 1 aromatic heterocycles. The van der Waals surface area contributed by atoms with Crippen molar-refractivity contribution in [1.82, 2.24) is 9.88 Å². The van der Waals surface area contributed by atoms with Crippen molar-refractivity contribution in [2.45, 2.75) is 26.0 Å². The second kappa shape index (κ2) is 5.38. The first kappa shape index (κ1) is 13.3. The third kappa shape index (κ3) is 2.62.